The molecule has 0 N–H and O–H groups in total. The number of fused-ring (bicyclic) bond motifs is 1. The third-order valence-corrected chi connectivity index (χ3v) is 6.00. The van der Waals surface area contributed by atoms with Gasteiger partial charge in [0.15, 0.2) is 0 Å². The van der Waals surface area contributed by atoms with E-state index in [2.05, 4.69) is 49.4 Å². The Kier molecular flexibility index (Phi) is 6.43. The number of hydrogen-bond acceptors (Lipinski definition) is 1. The van der Waals surface area contributed by atoms with Crippen LogP contribution in [-0.4, -0.2) is 0 Å². The van der Waals surface area contributed by atoms with Gasteiger partial charge >= 0.3 is 0 Å². The largest absolute Gasteiger partial charge is 0.206 e. The molecule has 0 saturated heterocycles. The predicted octanol–water partition coefficient (Wildman–Crippen LogP) is 6.98. The molecule has 0 unspecified atom stereocenters. The number of nitriles is 1. The summed E-state index contributed by atoms with van der Waals surface area (Å²) in [6, 6.07) is 28.5. The van der Waals surface area contributed by atoms with Gasteiger partial charge < -0.3 is 0 Å². The topological polar surface area (TPSA) is 23.8 Å². The maximum atomic E-state index is 15.1. The summed E-state index contributed by atoms with van der Waals surface area (Å²) in [4.78, 5) is 0. The molecule has 4 aromatic rings. The zero-order valence-corrected chi connectivity index (χ0v) is 17.9. The average Bonchev–Trinajstić information content (AvgIpc) is 2.83. The molecule has 0 saturated carbocycles. The normalized spacial score (nSPS) is 10.9. The van der Waals surface area contributed by atoms with Crippen molar-refractivity contribution in [2.75, 3.05) is 0 Å². The molecule has 0 heterocycles. The van der Waals surface area contributed by atoms with Crippen LogP contribution < -0.4 is 0 Å². The van der Waals surface area contributed by atoms with Crippen LogP contribution in [0.4, 0.5) is 4.39 Å². The lowest BCUT2D eigenvalue weighted by Crippen LogP contribution is -1.97. The summed E-state index contributed by atoms with van der Waals surface area (Å²) in [7, 11) is 0. The first-order valence-corrected chi connectivity index (χ1v) is 10.9. The first-order valence-electron chi connectivity index (χ1n) is 10.9. The van der Waals surface area contributed by atoms with E-state index in [-0.39, 0.29) is 5.82 Å². The molecule has 0 aromatic heterocycles. The maximum Gasteiger partial charge on any atom is 0.134 e. The summed E-state index contributed by atoms with van der Waals surface area (Å²) in [6.45, 7) is 2.17. The van der Waals surface area contributed by atoms with E-state index in [1.54, 1.807) is 0 Å². The summed E-state index contributed by atoms with van der Waals surface area (Å²) >= 11 is 0. The van der Waals surface area contributed by atoms with Gasteiger partial charge in [0.2, 0.25) is 0 Å². The molecule has 0 bridgehead atoms. The van der Waals surface area contributed by atoms with Gasteiger partial charge in [-0.1, -0.05) is 73.7 Å². The van der Waals surface area contributed by atoms with Crippen molar-refractivity contribution >= 4 is 10.8 Å². The monoisotopic (exact) mass is 407 g/mol. The van der Waals surface area contributed by atoms with Crippen molar-refractivity contribution in [2.45, 2.75) is 39.0 Å². The molecular formula is C29H26FN. The zero-order valence-electron chi connectivity index (χ0n) is 17.9. The van der Waals surface area contributed by atoms with E-state index in [1.165, 1.54) is 16.7 Å². The Bertz CT molecular complexity index is 1210. The lowest BCUT2D eigenvalue weighted by atomic mass is 9.97. The second-order valence-corrected chi connectivity index (χ2v) is 8.07. The SMILES string of the molecule is CCc1ccc(CCc2ccc3c(F)c(CCc4ccc(C#N)cc4)ccc3c2)cc1. The number of halogens is 1. The van der Waals surface area contributed by atoms with Crippen molar-refractivity contribution in [2.24, 2.45) is 0 Å². The van der Waals surface area contributed by atoms with Crippen LogP contribution in [0.3, 0.4) is 0 Å². The molecule has 4 aromatic carbocycles. The van der Waals surface area contributed by atoms with Crippen molar-refractivity contribution < 1.29 is 4.39 Å². The van der Waals surface area contributed by atoms with Gasteiger partial charge in [-0.15, -0.1) is 0 Å². The van der Waals surface area contributed by atoms with Gasteiger partial charge in [-0.25, -0.2) is 4.39 Å². The predicted molar refractivity (Wildman–Crippen MR) is 126 cm³/mol. The molecule has 0 amide bonds. The van der Waals surface area contributed by atoms with Crippen LogP contribution in [0.5, 0.6) is 0 Å². The summed E-state index contributed by atoms with van der Waals surface area (Å²) in [6.07, 6.45) is 4.39. The van der Waals surface area contributed by atoms with Gasteiger partial charge in [0.25, 0.3) is 0 Å². The molecule has 4 rings (SSSR count). The first kappa shape index (κ1) is 20.8. The van der Waals surface area contributed by atoms with Crippen molar-refractivity contribution in [1.29, 1.82) is 5.26 Å². The fourth-order valence-corrected chi connectivity index (χ4v) is 3.99. The van der Waals surface area contributed by atoms with Crippen molar-refractivity contribution in [3.8, 4) is 6.07 Å². The van der Waals surface area contributed by atoms with Crippen LogP contribution in [0, 0.1) is 17.1 Å². The van der Waals surface area contributed by atoms with Crippen LogP contribution >= 0.6 is 0 Å². The van der Waals surface area contributed by atoms with Gasteiger partial charge in [-0.05, 0) is 77.4 Å². The van der Waals surface area contributed by atoms with Gasteiger partial charge in [-0.3, -0.25) is 0 Å². The Balaban J connectivity index is 1.44. The van der Waals surface area contributed by atoms with Crippen molar-refractivity contribution in [3.63, 3.8) is 0 Å². The number of nitrogens with zero attached hydrogens (tertiary/aromatic N) is 1. The Morgan fingerprint density at radius 3 is 1.94 bits per heavy atom. The molecule has 0 aliphatic rings. The van der Waals surface area contributed by atoms with E-state index < -0.39 is 0 Å². The highest BCUT2D eigenvalue weighted by Crippen LogP contribution is 2.24. The first-order chi connectivity index (χ1) is 15.2. The molecule has 0 radical (unpaired) electrons. The third-order valence-electron chi connectivity index (χ3n) is 6.00. The van der Waals surface area contributed by atoms with E-state index in [0.29, 0.717) is 17.4 Å². The lowest BCUT2D eigenvalue weighted by Gasteiger charge is -2.09. The highest BCUT2D eigenvalue weighted by atomic mass is 19.1. The molecule has 0 atom stereocenters. The average molecular weight is 408 g/mol. The van der Waals surface area contributed by atoms with E-state index >= 15 is 4.39 Å². The Morgan fingerprint density at radius 2 is 1.26 bits per heavy atom. The minimum absolute atomic E-state index is 0.118. The Hall–Kier alpha value is -3.44. The quantitative estimate of drug-likeness (QED) is 0.324. The second-order valence-electron chi connectivity index (χ2n) is 8.07. The summed E-state index contributed by atoms with van der Waals surface area (Å²) in [5, 5.41) is 10.5. The fourth-order valence-electron chi connectivity index (χ4n) is 3.99. The molecule has 1 nitrogen and oxygen atoms in total. The maximum absolute atomic E-state index is 15.1. The van der Waals surface area contributed by atoms with E-state index in [9.17, 15) is 0 Å². The van der Waals surface area contributed by atoms with Gasteiger partial charge in [0.05, 0.1) is 11.6 Å². The highest BCUT2D eigenvalue weighted by Gasteiger charge is 2.09. The van der Waals surface area contributed by atoms with E-state index in [0.717, 1.165) is 42.2 Å². The highest BCUT2D eigenvalue weighted by molar-refractivity contribution is 5.84. The molecule has 154 valence electrons. The molecule has 0 aliphatic heterocycles. The minimum Gasteiger partial charge on any atom is -0.206 e. The van der Waals surface area contributed by atoms with E-state index in [1.807, 2.05) is 42.5 Å². The van der Waals surface area contributed by atoms with Crippen molar-refractivity contribution in [3.05, 3.63) is 118 Å². The number of aryl methyl sites for hydroxylation is 5. The van der Waals surface area contributed by atoms with Gasteiger partial charge in [-0.2, -0.15) is 5.26 Å². The second kappa shape index (κ2) is 9.58. The molecule has 0 spiro atoms. The Labute approximate surface area is 183 Å². The molecular weight excluding hydrogens is 381 g/mol. The van der Waals surface area contributed by atoms with Crippen LogP contribution in [-0.2, 0) is 32.1 Å². The molecule has 0 aliphatic carbocycles. The smallest absolute Gasteiger partial charge is 0.134 e. The van der Waals surface area contributed by atoms with Crippen LogP contribution in [0.2, 0.25) is 0 Å². The van der Waals surface area contributed by atoms with Crippen LogP contribution in [0.15, 0.2) is 78.9 Å². The lowest BCUT2D eigenvalue weighted by molar-refractivity contribution is 0.620. The molecule has 0 fully saturated rings. The standard InChI is InChI=1S/C29H26FN/c1-2-21-3-5-22(6-4-21)7-10-24-14-18-28-27(19-24)17-16-26(29(28)30)15-13-23-8-11-25(20-31)12-9-23/h3-6,8-9,11-12,14,16-19H,2,7,10,13,15H2,1H3. The summed E-state index contributed by atoms with van der Waals surface area (Å²) in [5.41, 5.74) is 6.43. The van der Waals surface area contributed by atoms with Crippen LogP contribution in [0.1, 0.15) is 40.3 Å². The number of hydrogen-bond donors (Lipinski definition) is 0. The van der Waals surface area contributed by atoms with E-state index in [4.69, 9.17) is 5.26 Å². The number of rotatable bonds is 7. The fraction of sp³-hybridized carbons (Fsp3) is 0.207. The number of benzene rings is 4. The van der Waals surface area contributed by atoms with Gasteiger partial charge in [0, 0.05) is 5.39 Å². The van der Waals surface area contributed by atoms with Gasteiger partial charge in [0.1, 0.15) is 5.82 Å². The molecule has 2 heteroatoms. The van der Waals surface area contributed by atoms with Crippen molar-refractivity contribution in [1.82, 2.24) is 0 Å². The summed E-state index contributed by atoms with van der Waals surface area (Å²) in [5.74, 6) is -0.118. The van der Waals surface area contributed by atoms with Crippen LogP contribution in [0.25, 0.3) is 10.8 Å². The Morgan fingerprint density at radius 1 is 0.677 bits per heavy atom. The third kappa shape index (κ3) is 5.01. The molecule has 31 heavy (non-hydrogen) atoms. The minimum atomic E-state index is -0.118. The zero-order chi connectivity index (χ0) is 21.6. The summed E-state index contributed by atoms with van der Waals surface area (Å²) < 4.78 is 15.1.